The second-order valence-electron chi connectivity index (χ2n) is 8.26. The Morgan fingerprint density at radius 1 is 1.08 bits per heavy atom. The van der Waals surface area contributed by atoms with E-state index >= 15 is 0 Å². The number of hydrogen-bond donors (Lipinski definition) is 2. The summed E-state index contributed by atoms with van der Waals surface area (Å²) in [6.07, 6.45) is 3.46. The average molecular weight is 357 g/mol. The molecule has 5 heteroatoms. The van der Waals surface area contributed by atoms with Gasteiger partial charge in [0, 0.05) is 51.7 Å². The number of hydrogen-bond acceptors (Lipinski definition) is 4. The molecule has 1 atom stereocenters. The molecule has 1 saturated carbocycles. The van der Waals surface area contributed by atoms with E-state index in [4.69, 9.17) is 0 Å². The van der Waals surface area contributed by atoms with Gasteiger partial charge in [-0.1, -0.05) is 30.3 Å². The van der Waals surface area contributed by atoms with E-state index in [1.807, 2.05) is 0 Å². The van der Waals surface area contributed by atoms with Gasteiger partial charge in [0.1, 0.15) is 0 Å². The minimum absolute atomic E-state index is 0.285. The van der Waals surface area contributed by atoms with Crippen molar-refractivity contribution in [3.8, 4) is 0 Å². The lowest BCUT2D eigenvalue weighted by Crippen LogP contribution is -2.48. The summed E-state index contributed by atoms with van der Waals surface area (Å²) in [5.74, 6) is 0.585. The van der Waals surface area contributed by atoms with Crippen LogP contribution in [-0.2, 0) is 11.3 Å². The van der Waals surface area contributed by atoms with Gasteiger partial charge >= 0.3 is 0 Å². The molecule has 1 aromatic rings. The zero-order valence-electron chi connectivity index (χ0n) is 15.8. The lowest BCUT2D eigenvalue weighted by atomic mass is 9.92. The number of piperazine rings is 1. The first-order valence-electron chi connectivity index (χ1n) is 10.2. The first kappa shape index (κ1) is 18.0. The second-order valence-corrected chi connectivity index (χ2v) is 8.26. The van der Waals surface area contributed by atoms with E-state index in [-0.39, 0.29) is 5.92 Å². The van der Waals surface area contributed by atoms with E-state index in [1.165, 1.54) is 18.4 Å². The van der Waals surface area contributed by atoms with Crippen molar-refractivity contribution in [2.24, 2.45) is 11.3 Å². The van der Waals surface area contributed by atoms with Crippen LogP contribution >= 0.6 is 0 Å². The van der Waals surface area contributed by atoms with Gasteiger partial charge in [0.2, 0.25) is 5.91 Å². The number of amides is 1. The molecule has 1 unspecified atom stereocenters. The maximum atomic E-state index is 12.4. The Balaban J connectivity index is 1.12. The van der Waals surface area contributed by atoms with E-state index in [1.54, 1.807) is 0 Å². The third-order valence-electron chi connectivity index (χ3n) is 6.55. The monoisotopic (exact) mass is 356 g/mol. The van der Waals surface area contributed by atoms with Gasteiger partial charge in [0.15, 0.2) is 0 Å². The lowest BCUT2D eigenvalue weighted by molar-refractivity contribution is -0.123. The highest BCUT2D eigenvalue weighted by Gasteiger charge is 2.57. The van der Waals surface area contributed by atoms with Crippen molar-refractivity contribution in [1.82, 2.24) is 20.4 Å². The standard InChI is InChI=1S/C21H32N4O/c26-20(19-16-21(19)6-8-22-9-7-21)23-10-11-24-12-14-25(15-13-24)17-18-4-2-1-3-5-18/h1-5,19,22H,6-17H2,(H,23,26). The normalized spacial score (nSPS) is 25.9. The third-order valence-corrected chi connectivity index (χ3v) is 6.55. The van der Waals surface area contributed by atoms with Crippen LogP contribution in [0.5, 0.6) is 0 Å². The molecule has 5 nitrogen and oxygen atoms in total. The van der Waals surface area contributed by atoms with Gasteiger partial charge < -0.3 is 10.6 Å². The molecule has 3 fully saturated rings. The lowest BCUT2D eigenvalue weighted by Gasteiger charge is -2.34. The Morgan fingerprint density at radius 2 is 1.77 bits per heavy atom. The number of rotatable bonds is 6. The fourth-order valence-electron chi connectivity index (χ4n) is 4.67. The number of carbonyl (C=O) groups is 1. The zero-order valence-corrected chi connectivity index (χ0v) is 15.8. The van der Waals surface area contributed by atoms with E-state index in [0.717, 1.165) is 65.3 Å². The Morgan fingerprint density at radius 3 is 2.50 bits per heavy atom. The highest BCUT2D eigenvalue weighted by Crippen LogP contribution is 2.58. The summed E-state index contributed by atoms with van der Waals surface area (Å²) < 4.78 is 0. The van der Waals surface area contributed by atoms with Crippen LogP contribution in [0, 0.1) is 11.3 Å². The molecule has 0 bridgehead atoms. The van der Waals surface area contributed by atoms with Crippen LogP contribution in [0.3, 0.4) is 0 Å². The fourth-order valence-corrected chi connectivity index (χ4v) is 4.67. The summed E-state index contributed by atoms with van der Waals surface area (Å²) in [5.41, 5.74) is 1.74. The molecule has 142 valence electrons. The molecule has 26 heavy (non-hydrogen) atoms. The molecule has 0 aromatic heterocycles. The van der Waals surface area contributed by atoms with Crippen LogP contribution in [-0.4, -0.2) is 68.1 Å². The summed E-state index contributed by atoms with van der Waals surface area (Å²) in [4.78, 5) is 17.4. The molecule has 4 rings (SSSR count). The molecule has 1 aliphatic carbocycles. The Labute approximate surface area is 157 Å². The molecule has 1 spiro atoms. The van der Waals surface area contributed by atoms with Crippen LogP contribution in [0.15, 0.2) is 30.3 Å². The fraction of sp³-hybridized carbons (Fsp3) is 0.667. The first-order chi connectivity index (χ1) is 12.8. The van der Waals surface area contributed by atoms with Crippen LogP contribution in [0.4, 0.5) is 0 Å². The number of benzene rings is 1. The minimum Gasteiger partial charge on any atom is -0.355 e. The molecule has 3 aliphatic rings. The molecular formula is C21H32N4O. The summed E-state index contributed by atoms with van der Waals surface area (Å²) in [6.45, 7) is 9.40. The smallest absolute Gasteiger partial charge is 0.223 e. The van der Waals surface area contributed by atoms with Crippen molar-refractivity contribution in [2.45, 2.75) is 25.8 Å². The molecule has 1 amide bonds. The number of carbonyl (C=O) groups excluding carboxylic acids is 1. The Kier molecular flexibility index (Phi) is 5.57. The molecule has 1 aromatic carbocycles. The molecule has 2 aliphatic heterocycles. The van der Waals surface area contributed by atoms with Crippen LogP contribution in [0.1, 0.15) is 24.8 Å². The molecule has 2 saturated heterocycles. The van der Waals surface area contributed by atoms with Gasteiger partial charge in [0.05, 0.1) is 0 Å². The predicted molar refractivity (Wildman–Crippen MR) is 104 cm³/mol. The van der Waals surface area contributed by atoms with Gasteiger partial charge in [-0.3, -0.25) is 14.6 Å². The number of nitrogens with zero attached hydrogens (tertiary/aromatic N) is 2. The van der Waals surface area contributed by atoms with Gasteiger partial charge in [0.25, 0.3) is 0 Å². The zero-order chi connectivity index (χ0) is 17.8. The average Bonchev–Trinajstić information content (AvgIpc) is 3.37. The van der Waals surface area contributed by atoms with Crippen molar-refractivity contribution in [2.75, 3.05) is 52.4 Å². The van der Waals surface area contributed by atoms with Gasteiger partial charge in [-0.25, -0.2) is 0 Å². The highest BCUT2D eigenvalue weighted by molar-refractivity contribution is 5.82. The van der Waals surface area contributed by atoms with E-state index in [0.29, 0.717) is 11.3 Å². The first-order valence-corrected chi connectivity index (χ1v) is 10.2. The van der Waals surface area contributed by atoms with Gasteiger partial charge in [-0.15, -0.1) is 0 Å². The summed E-state index contributed by atoms with van der Waals surface area (Å²) in [6, 6.07) is 10.7. The quantitative estimate of drug-likeness (QED) is 0.807. The van der Waals surface area contributed by atoms with Crippen LogP contribution in [0.25, 0.3) is 0 Å². The van der Waals surface area contributed by atoms with Crippen molar-refractivity contribution >= 4 is 5.91 Å². The second kappa shape index (κ2) is 8.07. The van der Waals surface area contributed by atoms with Crippen molar-refractivity contribution in [3.05, 3.63) is 35.9 Å². The topological polar surface area (TPSA) is 47.6 Å². The predicted octanol–water partition coefficient (Wildman–Crippen LogP) is 1.31. The Hall–Kier alpha value is -1.43. The van der Waals surface area contributed by atoms with E-state index in [2.05, 4.69) is 50.8 Å². The maximum absolute atomic E-state index is 12.4. The summed E-state index contributed by atoms with van der Waals surface area (Å²) >= 11 is 0. The van der Waals surface area contributed by atoms with E-state index in [9.17, 15) is 4.79 Å². The van der Waals surface area contributed by atoms with Crippen molar-refractivity contribution in [1.29, 1.82) is 0 Å². The molecule has 2 N–H and O–H groups in total. The molecular weight excluding hydrogens is 324 g/mol. The van der Waals surface area contributed by atoms with E-state index < -0.39 is 0 Å². The molecule has 0 radical (unpaired) electrons. The summed E-state index contributed by atoms with van der Waals surface area (Å²) in [5, 5.41) is 6.60. The molecule has 2 heterocycles. The van der Waals surface area contributed by atoms with Crippen molar-refractivity contribution in [3.63, 3.8) is 0 Å². The Bertz CT molecular complexity index is 591. The SMILES string of the molecule is O=C(NCCN1CCN(Cc2ccccc2)CC1)C1CC12CCNCC2. The summed E-state index contributed by atoms with van der Waals surface area (Å²) in [7, 11) is 0. The van der Waals surface area contributed by atoms with Gasteiger partial charge in [-0.2, -0.15) is 0 Å². The van der Waals surface area contributed by atoms with Crippen molar-refractivity contribution < 1.29 is 4.79 Å². The number of nitrogens with one attached hydrogen (secondary N) is 2. The van der Waals surface area contributed by atoms with Crippen LogP contribution in [0.2, 0.25) is 0 Å². The largest absolute Gasteiger partial charge is 0.355 e. The minimum atomic E-state index is 0.285. The number of piperidine rings is 1. The van der Waals surface area contributed by atoms with Gasteiger partial charge in [-0.05, 0) is 43.3 Å². The third kappa shape index (κ3) is 4.27. The maximum Gasteiger partial charge on any atom is 0.223 e. The highest BCUT2D eigenvalue weighted by atomic mass is 16.2. The van der Waals surface area contributed by atoms with Crippen LogP contribution < -0.4 is 10.6 Å².